The van der Waals surface area contributed by atoms with Gasteiger partial charge in [0.05, 0.1) is 6.61 Å². The van der Waals surface area contributed by atoms with Gasteiger partial charge in [-0.3, -0.25) is 4.18 Å². The van der Waals surface area contributed by atoms with E-state index in [0.29, 0.717) is 12.3 Å². The van der Waals surface area contributed by atoms with Crippen molar-refractivity contribution in [3.8, 4) is 0 Å². The van der Waals surface area contributed by atoms with E-state index in [4.69, 9.17) is 4.18 Å². The maximum Gasteiger partial charge on any atom is 1.00 e. The number of benzene rings is 4. The fourth-order valence-corrected chi connectivity index (χ4v) is 10.2. The Morgan fingerprint density at radius 3 is 1.14 bits per heavy atom. The van der Waals surface area contributed by atoms with E-state index in [1.807, 2.05) is 72.8 Å². The van der Waals surface area contributed by atoms with Gasteiger partial charge in [0.2, 0.25) is 10.4 Å². The van der Waals surface area contributed by atoms with Crippen LogP contribution in [0.1, 0.15) is 6.92 Å². The molecule has 0 heterocycles. The van der Waals surface area contributed by atoms with Crippen molar-refractivity contribution in [1.29, 1.82) is 0 Å². The molecule has 0 unspecified atom stereocenters. The Balaban J connectivity index is 0.00000380. The first-order valence-corrected chi connectivity index (χ1v) is 16.1. The van der Waals surface area contributed by atoms with Crippen LogP contribution in [0.15, 0.2) is 121 Å². The van der Waals surface area contributed by atoms with Gasteiger partial charge in [-0.15, -0.1) is 0 Å². The van der Waals surface area contributed by atoms with Crippen LogP contribution in [0.25, 0.3) is 0 Å². The first-order valence-electron chi connectivity index (χ1n) is 11.7. The van der Waals surface area contributed by atoms with Crippen molar-refractivity contribution in [2.24, 2.45) is 5.41 Å². The van der Waals surface area contributed by atoms with Crippen LogP contribution in [0.2, 0.25) is 0 Å². The van der Waals surface area contributed by atoms with Crippen LogP contribution in [0, 0.1) is 5.41 Å². The Labute approximate surface area is 235 Å². The minimum Gasteiger partial charge on any atom is -0.726 e. The van der Waals surface area contributed by atoms with E-state index in [0.717, 1.165) is 0 Å². The van der Waals surface area contributed by atoms with Crippen LogP contribution >= 0.6 is 15.8 Å². The second-order valence-electron chi connectivity index (χ2n) is 9.00. The Morgan fingerprint density at radius 1 is 0.622 bits per heavy atom. The van der Waals surface area contributed by atoms with Gasteiger partial charge < -0.3 is 4.55 Å². The maximum atomic E-state index is 11.6. The molecular formula is C29H29LiO4P2S. The average molecular weight is 543 g/mol. The summed E-state index contributed by atoms with van der Waals surface area (Å²) in [5.74, 6) is 0. The van der Waals surface area contributed by atoms with E-state index in [9.17, 15) is 13.0 Å². The van der Waals surface area contributed by atoms with Crippen molar-refractivity contribution in [3.63, 3.8) is 0 Å². The third-order valence-corrected chi connectivity index (χ3v) is 12.2. The largest absolute Gasteiger partial charge is 1.00 e. The van der Waals surface area contributed by atoms with Crippen molar-refractivity contribution in [2.75, 3.05) is 18.9 Å². The second-order valence-corrected chi connectivity index (χ2v) is 14.5. The standard InChI is InChI=1S/C29H30O4P2S.Li/c1-29(22-33-36(30,31)32,23-34(25-14-6-2-7-15-25)26-16-8-3-9-17-26)24-35(27-18-10-4-11-19-27)28-20-12-5-13-21-28;/h2-21H,22-24H2,1H3,(H,30,31,32);/q;+1/p-1. The molecule has 37 heavy (non-hydrogen) atoms. The molecule has 0 atom stereocenters. The van der Waals surface area contributed by atoms with E-state index < -0.39 is 31.7 Å². The first kappa shape index (κ1) is 29.8. The summed E-state index contributed by atoms with van der Waals surface area (Å²) >= 11 is 0. The van der Waals surface area contributed by atoms with Gasteiger partial charge in [-0.05, 0) is 49.4 Å². The second kappa shape index (κ2) is 13.8. The Hall–Kier alpha value is -1.79. The summed E-state index contributed by atoms with van der Waals surface area (Å²) in [4.78, 5) is 0. The molecule has 4 rings (SSSR count). The van der Waals surface area contributed by atoms with Crippen molar-refractivity contribution >= 4 is 47.5 Å². The molecule has 186 valence electrons. The maximum absolute atomic E-state index is 11.6. The smallest absolute Gasteiger partial charge is 0.726 e. The molecule has 0 saturated heterocycles. The fourth-order valence-electron chi connectivity index (χ4n) is 4.21. The Kier molecular flexibility index (Phi) is 11.1. The summed E-state index contributed by atoms with van der Waals surface area (Å²) in [6.07, 6.45) is 1.37. The number of hydrogen-bond donors (Lipinski definition) is 0. The molecule has 8 heteroatoms. The molecule has 4 aromatic carbocycles. The molecule has 4 nitrogen and oxygen atoms in total. The predicted octanol–water partition coefficient (Wildman–Crippen LogP) is 1.74. The third kappa shape index (κ3) is 8.88. The third-order valence-electron chi connectivity index (χ3n) is 5.90. The summed E-state index contributed by atoms with van der Waals surface area (Å²) < 4.78 is 39.7. The summed E-state index contributed by atoms with van der Waals surface area (Å²) in [7, 11) is -6.47. The quantitative estimate of drug-likeness (QED) is 0.125. The first-order chi connectivity index (χ1) is 17.3. The minimum absolute atomic E-state index is 0. The van der Waals surface area contributed by atoms with Gasteiger partial charge in [-0.2, -0.15) is 0 Å². The summed E-state index contributed by atoms with van der Waals surface area (Å²) in [6, 6.07) is 41.3. The summed E-state index contributed by atoms with van der Waals surface area (Å²) in [5, 5.41) is 4.83. The summed E-state index contributed by atoms with van der Waals surface area (Å²) in [6.45, 7) is 1.90. The van der Waals surface area contributed by atoms with E-state index in [2.05, 4.69) is 55.5 Å². The molecule has 0 saturated carbocycles. The van der Waals surface area contributed by atoms with Gasteiger partial charge in [-0.1, -0.05) is 128 Å². The zero-order valence-electron chi connectivity index (χ0n) is 21.1. The minimum atomic E-state index is -4.82. The van der Waals surface area contributed by atoms with E-state index >= 15 is 0 Å². The molecule has 0 amide bonds. The van der Waals surface area contributed by atoms with Crippen LogP contribution in [0.4, 0.5) is 0 Å². The molecule has 0 fully saturated rings. The Morgan fingerprint density at radius 2 is 0.892 bits per heavy atom. The number of rotatable bonds is 11. The zero-order valence-corrected chi connectivity index (χ0v) is 23.7. The van der Waals surface area contributed by atoms with E-state index in [-0.39, 0.29) is 25.5 Å². The number of hydrogen-bond acceptors (Lipinski definition) is 4. The molecule has 0 aliphatic rings. The zero-order chi connectivity index (χ0) is 25.4. The molecule has 0 radical (unpaired) electrons. The van der Waals surface area contributed by atoms with Crippen LogP contribution in [0.5, 0.6) is 0 Å². The molecule has 0 aromatic heterocycles. The molecule has 0 bridgehead atoms. The SMILES string of the molecule is CC(COS(=O)(=O)[O-])(CP(c1ccccc1)c1ccccc1)CP(c1ccccc1)c1ccccc1.[Li+]. The Bertz CT molecular complexity index is 1160. The molecule has 0 N–H and O–H groups in total. The molecule has 4 aromatic rings. The molecular weight excluding hydrogens is 513 g/mol. The molecule has 0 aliphatic heterocycles. The fraction of sp³-hybridized carbons (Fsp3) is 0.172. The van der Waals surface area contributed by atoms with Gasteiger partial charge >= 0.3 is 18.9 Å². The van der Waals surface area contributed by atoms with Gasteiger partial charge in [0.1, 0.15) is 0 Å². The van der Waals surface area contributed by atoms with Crippen molar-refractivity contribution < 1.29 is 36.0 Å². The van der Waals surface area contributed by atoms with Crippen molar-refractivity contribution in [2.45, 2.75) is 6.92 Å². The van der Waals surface area contributed by atoms with Gasteiger partial charge in [0.25, 0.3) is 0 Å². The van der Waals surface area contributed by atoms with Gasteiger partial charge in [-0.25, -0.2) is 8.42 Å². The van der Waals surface area contributed by atoms with Crippen LogP contribution in [-0.2, 0) is 14.6 Å². The topological polar surface area (TPSA) is 66.4 Å². The predicted molar refractivity (Wildman–Crippen MR) is 152 cm³/mol. The van der Waals surface area contributed by atoms with Gasteiger partial charge in [0, 0.05) is 5.41 Å². The van der Waals surface area contributed by atoms with Crippen molar-refractivity contribution in [1.82, 2.24) is 0 Å². The summed E-state index contributed by atoms with van der Waals surface area (Å²) in [5.41, 5.74) is -0.577. The van der Waals surface area contributed by atoms with E-state index in [1.54, 1.807) is 0 Å². The molecule has 0 spiro atoms. The van der Waals surface area contributed by atoms with E-state index in [1.165, 1.54) is 21.2 Å². The van der Waals surface area contributed by atoms with Crippen LogP contribution in [0.3, 0.4) is 0 Å². The average Bonchev–Trinajstić information content (AvgIpc) is 2.91. The normalized spacial score (nSPS) is 11.9. The van der Waals surface area contributed by atoms with Gasteiger partial charge in [0.15, 0.2) is 0 Å². The van der Waals surface area contributed by atoms with Crippen LogP contribution < -0.4 is 40.1 Å². The van der Waals surface area contributed by atoms with Crippen molar-refractivity contribution in [3.05, 3.63) is 121 Å². The molecule has 0 aliphatic carbocycles. The monoisotopic (exact) mass is 542 g/mol. The van der Waals surface area contributed by atoms with Crippen LogP contribution in [-0.4, -0.2) is 31.9 Å².